The predicted octanol–water partition coefficient (Wildman–Crippen LogP) is 7.04. The molecule has 0 atom stereocenters. The number of methoxy groups -OCH3 is 1. The van der Waals surface area contributed by atoms with Crippen molar-refractivity contribution >= 4 is 22.6 Å². The van der Waals surface area contributed by atoms with Crippen molar-refractivity contribution in [1.29, 1.82) is 0 Å². The summed E-state index contributed by atoms with van der Waals surface area (Å²) in [5, 5.41) is 8.39. The second-order valence-corrected chi connectivity index (χ2v) is 9.27. The Balaban J connectivity index is 1.76. The Bertz CT molecular complexity index is 1280. The molecule has 5 heteroatoms. The van der Waals surface area contributed by atoms with Crippen molar-refractivity contribution < 1.29 is 14.3 Å². The highest BCUT2D eigenvalue weighted by molar-refractivity contribution is 6.13. The number of carbonyl (C=O) groups excluding carboxylic acids is 1. The second-order valence-electron chi connectivity index (χ2n) is 9.27. The number of benzene rings is 4. The molecule has 35 heavy (non-hydrogen) atoms. The Labute approximate surface area is 206 Å². The standard InChI is InChI=1S/C30H30N2O3/c1-30(2,3)35-29(33)32(21-22-15-16-26-20-27(34-4)18-17-25(26)19-22)31-28(23-11-7-5-8-12-23)24-13-9-6-10-14-24/h5-20H,21H2,1-4H3. The van der Waals surface area contributed by atoms with Crippen LogP contribution in [0, 0.1) is 0 Å². The summed E-state index contributed by atoms with van der Waals surface area (Å²) in [5.41, 5.74) is 2.82. The van der Waals surface area contributed by atoms with Crippen molar-refractivity contribution in [3.8, 4) is 5.75 Å². The van der Waals surface area contributed by atoms with Crippen LogP contribution < -0.4 is 4.74 Å². The average Bonchev–Trinajstić information content (AvgIpc) is 2.86. The summed E-state index contributed by atoms with van der Waals surface area (Å²) in [5.74, 6) is 0.806. The largest absolute Gasteiger partial charge is 0.497 e. The zero-order valence-corrected chi connectivity index (χ0v) is 20.6. The molecule has 0 aliphatic heterocycles. The van der Waals surface area contributed by atoms with E-state index < -0.39 is 11.7 Å². The molecule has 178 valence electrons. The number of nitrogens with zero attached hydrogens (tertiary/aromatic N) is 2. The first-order valence-electron chi connectivity index (χ1n) is 11.6. The summed E-state index contributed by atoms with van der Waals surface area (Å²) < 4.78 is 11.1. The number of hydrogen-bond donors (Lipinski definition) is 0. The summed E-state index contributed by atoms with van der Waals surface area (Å²) in [6.45, 7) is 5.82. The van der Waals surface area contributed by atoms with Crippen molar-refractivity contribution in [3.05, 3.63) is 114 Å². The van der Waals surface area contributed by atoms with Gasteiger partial charge >= 0.3 is 6.09 Å². The molecule has 0 N–H and O–H groups in total. The minimum Gasteiger partial charge on any atom is -0.497 e. The van der Waals surface area contributed by atoms with Crippen LogP contribution in [0.25, 0.3) is 10.8 Å². The molecule has 4 aromatic carbocycles. The van der Waals surface area contributed by atoms with Crippen LogP contribution in [0.3, 0.4) is 0 Å². The molecular weight excluding hydrogens is 436 g/mol. The van der Waals surface area contributed by atoms with Gasteiger partial charge in [-0.1, -0.05) is 78.9 Å². The van der Waals surface area contributed by atoms with Crippen LogP contribution in [-0.2, 0) is 11.3 Å². The lowest BCUT2D eigenvalue weighted by atomic mass is 10.0. The first-order chi connectivity index (χ1) is 16.8. The van der Waals surface area contributed by atoms with Gasteiger partial charge in [0.15, 0.2) is 0 Å². The van der Waals surface area contributed by atoms with Crippen molar-refractivity contribution in [3.63, 3.8) is 0 Å². The van der Waals surface area contributed by atoms with E-state index in [1.165, 1.54) is 5.01 Å². The van der Waals surface area contributed by atoms with Crippen molar-refractivity contribution in [2.75, 3.05) is 7.11 Å². The summed E-state index contributed by atoms with van der Waals surface area (Å²) in [4.78, 5) is 13.3. The van der Waals surface area contributed by atoms with Crippen LogP contribution in [0.1, 0.15) is 37.5 Å². The molecule has 0 unspecified atom stereocenters. The minimum atomic E-state index is -0.648. The van der Waals surface area contributed by atoms with Crippen molar-refractivity contribution in [2.45, 2.75) is 32.9 Å². The Hall–Kier alpha value is -4.12. The van der Waals surface area contributed by atoms with Crippen LogP contribution in [0.5, 0.6) is 5.75 Å². The lowest BCUT2D eigenvalue weighted by molar-refractivity contribution is 0.0239. The lowest BCUT2D eigenvalue weighted by Gasteiger charge is -2.25. The van der Waals surface area contributed by atoms with E-state index in [-0.39, 0.29) is 6.54 Å². The van der Waals surface area contributed by atoms with Gasteiger partial charge in [-0.3, -0.25) is 0 Å². The van der Waals surface area contributed by atoms with Gasteiger partial charge in [0, 0.05) is 11.1 Å². The molecule has 0 aromatic heterocycles. The summed E-state index contributed by atoms with van der Waals surface area (Å²) >= 11 is 0. The monoisotopic (exact) mass is 466 g/mol. The number of carbonyl (C=O) groups is 1. The Kier molecular flexibility index (Phi) is 7.16. The van der Waals surface area contributed by atoms with E-state index in [9.17, 15) is 4.79 Å². The fourth-order valence-electron chi connectivity index (χ4n) is 3.72. The van der Waals surface area contributed by atoms with Gasteiger partial charge in [-0.25, -0.2) is 4.79 Å². The molecule has 5 nitrogen and oxygen atoms in total. The molecule has 0 spiro atoms. The number of ether oxygens (including phenoxy) is 2. The van der Waals surface area contributed by atoms with Gasteiger partial charge in [-0.05, 0) is 55.3 Å². The highest BCUT2D eigenvalue weighted by atomic mass is 16.6. The maximum absolute atomic E-state index is 13.3. The van der Waals surface area contributed by atoms with Crippen LogP contribution in [0.4, 0.5) is 4.79 Å². The third-order valence-corrected chi connectivity index (χ3v) is 5.36. The van der Waals surface area contributed by atoms with Gasteiger partial charge in [0.1, 0.15) is 11.4 Å². The van der Waals surface area contributed by atoms with E-state index in [0.717, 1.165) is 33.2 Å². The predicted molar refractivity (Wildman–Crippen MR) is 141 cm³/mol. The van der Waals surface area contributed by atoms with E-state index in [0.29, 0.717) is 5.71 Å². The first kappa shape index (κ1) is 24.0. The number of hydrogen-bond acceptors (Lipinski definition) is 4. The summed E-state index contributed by atoms with van der Waals surface area (Å²) in [7, 11) is 1.66. The average molecular weight is 467 g/mol. The number of fused-ring (bicyclic) bond motifs is 1. The van der Waals surface area contributed by atoms with E-state index in [2.05, 4.69) is 6.07 Å². The number of hydrazone groups is 1. The SMILES string of the molecule is COc1ccc2cc(CN(N=C(c3ccccc3)c3ccccc3)C(=O)OC(C)(C)C)ccc2c1. The Morgan fingerprint density at radius 2 is 1.37 bits per heavy atom. The zero-order chi connectivity index (χ0) is 24.8. The molecule has 4 aromatic rings. The smallest absolute Gasteiger partial charge is 0.431 e. The molecule has 0 radical (unpaired) electrons. The van der Waals surface area contributed by atoms with Crippen LogP contribution in [0.2, 0.25) is 0 Å². The van der Waals surface area contributed by atoms with Gasteiger partial charge in [0.25, 0.3) is 0 Å². The number of rotatable bonds is 6. The van der Waals surface area contributed by atoms with Crippen molar-refractivity contribution in [1.82, 2.24) is 5.01 Å². The zero-order valence-electron chi connectivity index (χ0n) is 20.6. The first-order valence-corrected chi connectivity index (χ1v) is 11.6. The molecule has 0 saturated carbocycles. The van der Waals surface area contributed by atoms with Crippen LogP contribution in [-0.4, -0.2) is 29.5 Å². The Morgan fingerprint density at radius 3 is 1.94 bits per heavy atom. The molecule has 4 rings (SSSR count). The molecule has 0 heterocycles. The molecule has 0 aliphatic carbocycles. The summed E-state index contributed by atoms with van der Waals surface area (Å²) in [6, 6.07) is 31.7. The van der Waals surface area contributed by atoms with Gasteiger partial charge < -0.3 is 9.47 Å². The third kappa shape index (κ3) is 6.27. The van der Waals surface area contributed by atoms with Gasteiger partial charge in [-0.15, -0.1) is 0 Å². The van der Waals surface area contributed by atoms with E-state index in [1.807, 2.05) is 112 Å². The molecular formula is C30H30N2O3. The highest BCUT2D eigenvalue weighted by Crippen LogP contribution is 2.23. The van der Waals surface area contributed by atoms with E-state index in [1.54, 1.807) is 7.11 Å². The minimum absolute atomic E-state index is 0.264. The fourth-order valence-corrected chi connectivity index (χ4v) is 3.72. The molecule has 0 aliphatic rings. The van der Waals surface area contributed by atoms with E-state index >= 15 is 0 Å². The maximum atomic E-state index is 13.3. The topological polar surface area (TPSA) is 51.1 Å². The molecule has 0 saturated heterocycles. The fraction of sp³-hybridized carbons (Fsp3) is 0.200. The molecule has 0 fully saturated rings. The summed E-state index contributed by atoms with van der Waals surface area (Å²) in [6.07, 6.45) is -0.503. The van der Waals surface area contributed by atoms with Crippen LogP contribution in [0.15, 0.2) is 102 Å². The normalized spacial score (nSPS) is 11.1. The van der Waals surface area contributed by atoms with Gasteiger partial charge in [0.2, 0.25) is 0 Å². The lowest BCUT2D eigenvalue weighted by Crippen LogP contribution is -2.34. The second kappa shape index (κ2) is 10.4. The molecule has 1 amide bonds. The molecule has 0 bridgehead atoms. The number of amides is 1. The third-order valence-electron chi connectivity index (χ3n) is 5.36. The van der Waals surface area contributed by atoms with Crippen LogP contribution >= 0.6 is 0 Å². The van der Waals surface area contributed by atoms with E-state index in [4.69, 9.17) is 14.6 Å². The quantitative estimate of drug-likeness (QED) is 0.226. The Morgan fingerprint density at radius 1 is 0.800 bits per heavy atom. The van der Waals surface area contributed by atoms with Crippen molar-refractivity contribution in [2.24, 2.45) is 5.10 Å². The maximum Gasteiger partial charge on any atom is 0.431 e. The van der Waals surface area contributed by atoms with Gasteiger partial charge in [0.05, 0.1) is 19.4 Å². The van der Waals surface area contributed by atoms with Gasteiger partial charge in [-0.2, -0.15) is 10.1 Å². The highest BCUT2D eigenvalue weighted by Gasteiger charge is 2.23.